The Bertz CT molecular complexity index is 900. The molecule has 128 valence electrons. The molecular weight excluding hydrogens is 310 g/mol. The number of para-hydroxylation sites is 1. The van der Waals surface area contributed by atoms with E-state index in [0.29, 0.717) is 13.2 Å². The quantitative estimate of drug-likeness (QED) is 0.613. The molecule has 0 saturated carbocycles. The second kappa shape index (κ2) is 7.84. The molecule has 0 fully saturated rings. The first-order valence-corrected chi connectivity index (χ1v) is 8.68. The van der Waals surface area contributed by atoms with E-state index in [1.807, 2.05) is 26.0 Å². The van der Waals surface area contributed by atoms with E-state index >= 15 is 0 Å². The summed E-state index contributed by atoms with van der Waals surface area (Å²) in [5, 5.41) is 1.24. The largest absolute Gasteiger partial charge is 0.490 e. The van der Waals surface area contributed by atoms with E-state index in [9.17, 15) is 0 Å². The van der Waals surface area contributed by atoms with Gasteiger partial charge in [-0.2, -0.15) is 0 Å². The second-order valence-corrected chi connectivity index (χ2v) is 5.80. The molecule has 3 aromatic rings. The lowest BCUT2D eigenvalue weighted by Gasteiger charge is -2.11. The van der Waals surface area contributed by atoms with E-state index in [1.54, 1.807) is 0 Å². The third-order valence-electron chi connectivity index (χ3n) is 4.10. The first kappa shape index (κ1) is 17.0. The Morgan fingerprint density at radius 2 is 1.64 bits per heavy atom. The van der Waals surface area contributed by atoms with Gasteiger partial charge in [0.1, 0.15) is 7.05 Å². The summed E-state index contributed by atoms with van der Waals surface area (Å²) in [6.07, 6.45) is 6.35. The van der Waals surface area contributed by atoms with Crippen molar-refractivity contribution in [2.75, 3.05) is 13.2 Å². The number of aryl methyl sites for hydroxylation is 1. The number of fused-ring (bicyclic) bond motifs is 1. The minimum absolute atomic E-state index is 0.618. The van der Waals surface area contributed by atoms with Crippen molar-refractivity contribution < 1.29 is 14.0 Å². The molecule has 0 saturated heterocycles. The van der Waals surface area contributed by atoms with Crippen LogP contribution >= 0.6 is 0 Å². The van der Waals surface area contributed by atoms with Crippen molar-refractivity contribution in [2.45, 2.75) is 13.8 Å². The summed E-state index contributed by atoms with van der Waals surface area (Å²) in [5.74, 6) is 1.58. The molecule has 25 heavy (non-hydrogen) atoms. The van der Waals surface area contributed by atoms with Crippen LogP contribution in [0.25, 0.3) is 23.1 Å². The number of ether oxygens (including phenoxy) is 2. The second-order valence-electron chi connectivity index (χ2n) is 5.80. The van der Waals surface area contributed by atoms with Crippen molar-refractivity contribution in [3.63, 3.8) is 0 Å². The van der Waals surface area contributed by atoms with Crippen LogP contribution in [-0.2, 0) is 7.05 Å². The average Bonchev–Trinajstić information content (AvgIpc) is 2.64. The third kappa shape index (κ3) is 3.82. The van der Waals surface area contributed by atoms with Crippen LogP contribution in [0, 0.1) is 0 Å². The average molecular weight is 334 g/mol. The molecule has 2 aromatic carbocycles. The molecule has 0 spiro atoms. The van der Waals surface area contributed by atoms with Gasteiger partial charge in [-0.05, 0) is 43.2 Å². The highest BCUT2D eigenvalue weighted by Gasteiger charge is 2.07. The molecule has 0 aliphatic heterocycles. The fraction of sp³-hybridized carbons (Fsp3) is 0.227. The summed E-state index contributed by atoms with van der Waals surface area (Å²) in [4.78, 5) is 0. The van der Waals surface area contributed by atoms with Crippen LogP contribution in [0.15, 0.2) is 54.7 Å². The zero-order valence-corrected chi connectivity index (χ0v) is 15.0. The predicted octanol–water partition coefficient (Wildman–Crippen LogP) is 4.63. The van der Waals surface area contributed by atoms with Gasteiger partial charge < -0.3 is 9.47 Å². The van der Waals surface area contributed by atoms with Crippen LogP contribution in [-0.4, -0.2) is 13.2 Å². The monoisotopic (exact) mass is 334 g/mol. The molecule has 0 aliphatic carbocycles. The zero-order chi connectivity index (χ0) is 17.6. The minimum atomic E-state index is 0.618. The van der Waals surface area contributed by atoms with Crippen LogP contribution in [0.3, 0.4) is 0 Å². The lowest BCUT2D eigenvalue weighted by molar-refractivity contribution is -0.644. The third-order valence-corrected chi connectivity index (χ3v) is 4.10. The SMILES string of the molecule is CCOc1ccc(/C=C/c2cc[n+](C)c3ccccc23)cc1OCC. The molecule has 0 N–H and O–H groups in total. The van der Waals surface area contributed by atoms with Gasteiger partial charge in [0.05, 0.1) is 18.6 Å². The molecule has 0 unspecified atom stereocenters. The Balaban J connectivity index is 1.94. The fourth-order valence-corrected chi connectivity index (χ4v) is 2.89. The van der Waals surface area contributed by atoms with Crippen molar-refractivity contribution in [3.8, 4) is 11.5 Å². The van der Waals surface area contributed by atoms with Crippen molar-refractivity contribution in [3.05, 3.63) is 65.9 Å². The molecule has 0 atom stereocenters. The van der Waals surface area contributed by atoms with Gasteiger partial charge in [-0.25, -0.2) is 4.57 Å². The molecular formula is C22H24NO2+. The van der Waals surface area contributed by atoms with E-state index in [4.69, 9.17) is 9.47 Å². The highest BCUT2D eigenvalue weighted by molar-refractivity contribution is 5.88. The van der Waals surface area contributed by atoms with Gasteiger partial charge >= 0.3 is 0 Å². The van der Waals surface area contributed by atoms with Crippen LogP contribution in [0.4, 0.5) is 0 Å². The highest BCUT2D eigenvalue weighted by atomic mass is 16.5. The van der Waals surface area contributed by atoms with Gasteiger partial charge in [-0.3, -0.25) is 0 Å². The maximum atomic E-state index is 5.71. The normalized spacial score (nSPS) is 11.2. The highest BCUT2D eigenvalue weighted by Crippen LogP contribution is 2.29. The number of hydrogen-bond acceptors (Lipinski definition) is 2. The summed E-state index contributed by atoms with van der Waals surface area (Å²) in [5.41, 5.74) is 3.50. The van der Waals surface area contributed by atoms with E-state index in [-0.39, 0.29) is 0 Å². The molecule has 0 bridgehead atoms. The Morgan fingerprint density at radius 3 is 2.44 bits per heavy atom. The van der Waals surface area contributed by atoms with Gasteiger partial charge in [0.15, 0.2) is 17.7 Å². The van der Waals surface area contributed by atoms with E-state index in [0.717, 1.165) is 17.1 Å². The number of pyridine rings is 1. The fourth-order valence-electron chi connectivity index (χ4n) is 2.89. The van der Waals surface area contributed by atoms with Crippen LogP contribution < -0.4 is 14.0 Å². The van der Waals surface area contributed by atoms with Gasteiger partial charge in [-0.1, -0.05) is 30.4 Å². The summed E-state index contributed by atoms with van der Waals surface area (Å²) in [6.45, 7) is 5.20. The number of nitrogens with zero attached hydrogens (tertiary/aromatic N) is 1. The van der Waals surface area contributed by atoms with Crippen LogP contribution in [0.5, 0.6) is 11.5 Å². The standard InChI is InChI=1S/C22H24NO2/c1-4-24-21-13-11-17(16-22(21)25-5-2)10-12-18-14-15-23(3)20-9-7-6-8-19(18)20/h6-16H,4-5H2,1-3H3/q+1/b12-10+. The zero-order valence-electron chi connectivity index (χ0n) is 15.0. The van der Waals surface area contributed by atoms with Gasteiger partial charge in [0.25, 0.3) is 0 Å². The summed E-state index contributed by atoms with van der Waals surface area (Å²) in [7, 11) is 2.07. The summed E-state index contributed by atoms with van der Waals surface area (Å²) < 4.78 is 13.5. The van der Waals surface area contributed by atoms with Crippen molar-refractivity contribution in [2.24, 2.45) is 7.05 Å². The Kier molecular flexibility index (Phi) is 5.34. The Hall–Kier alpha value is -2.81. The van der Waals surface area contributed by atoms with Crippen molar-refractivity contribution >= 4 is 23.1 Å². The lowest BCUT2D eigenvalue weighted by atomic mass is 10.1. The van der Waals surface area contributed by atoms with Crippen LogP contribution in [0.1, 0.15) is 25.0 Å². The molecule has 0 radical (unpaired) electrons. The molecule has 0 amide bonds. The first-order valence-electron chi connectivity index (χ1n) is 8.68. The lowest BCUT2D eigenvalue weighted by Crippen LogP contribution is -2.28. The van der Waals surface area contributed by atoms with E-state index in [1.165, 1.54) is 16.5 Å². The molecule has 3 heteroatoms. The molecule has 1 aromatic heterocycles. The summed E-state index contributed by atoms with van der Waals surface area (Å²) >= 11 is 0. The van der Waals surface area contributed by atoms with E-state index in [2.05, 4.69) is 66.4 Å². The molecule has 1 heterocycles. The van der Waals surface area contributed by atoms with Crippen LogP contribution in [0.2, 0.25) is 0 Å². The predicted molar refractivity (Wildman–Crippen MR) is 103 cm³/mol. The van der Waals surface area contributed by atoms with Crippen molar-refractivity contribution in [1.82, 2.24) is 0 Å². The number of benzene rings is 2. The van der Waals surface area contributed by atoms with Gasteiger partial charge in [0, 0.05) is 12.1 Å². The number of aromatic nitrogens is 1. The van der Waals surface area contributed by atoms with Crippen molar-refractivity contribution in [1.29, 1.82) is 0 Å². The molecule has 0 aliphatic rings. The van der Waals surface area contributed by atoms with E-state index < -0.39 is 0 Å². The topological polar surface area (TPSA) is 22.3 Å². The minimum Gasteiger partial charge on any atom is -0.490 e. The maximum absolute atomic E-state index is 5.71. The van der Waals surface area contributed by atoms with Gasteiger partial charge in [-0.15, -0.1) is 0 Å². The maximum Gasteiger partial charge on any atom is 0.212 e. The number of rotatable bonds is 6. The Labute approximate surface area is 149 Å². The smallest absolute Gasteiger partial charge is 0.212 e. The summed E-state index contributed by atoms with van der Waals surface area (Å²) in [6, 6.07) is 16.6. The number of hydrogen-bond donors (Lipinski definition) is 0. The molecule has 3 rings (SSSR count). The van der Waals surface area contributed by atoms with Gasteiger partial charge in [0.2, 0.25) is 5.52 Å². The Morgan fingerprint density at radius 1 is 0.880 bits per heavy atom. The first-order chi connectivity index (χ1) is 12.2. The molecule has 3 nitrogen and oxygen atoms in total.